The molecule has 1 fully saturated rings. The molecule has 2 aromatic heterocycles. The van der Waals surface area contributed by atoms with Crippen molar-refractivity contribution in [3.8, 4) is 0 Å². The van der Waals surface area contributed by atoms with Gasteiger partial charge in [-0.2, -0.15) is 0 Å². The van der Waals surface area contributed by atoms with Crippen molar-refractivity contribution in [3.05, 3.63) is 38.5 Å². The number of aromatic nitrogens is 1. The van der Waals surface area contributed by atoms with Crippen molar-refractivity contribution < 1.29 is 4.74 Å². The van der Waals surface area contributed by atoms with Gasteiger partial charge in [-0.3, -0.25) is 4.90 Å². The zero-order chi connectivity index (χ0) is 12.4. The predicted molar refractivity (Wildman–Crippen MR) is 75.1 cm³/mol. The van der Waals surface area contributed by atoms with Crippen molar-refractivity contribution in [2.24, 2.45) is 0 Å². The molecule has 3 nitrogen and oxygen atoms in total. The van der Waals surface area contributed by atoms with Gasteiger partial charge in [0.05, 0.1) is 30.0 Å². The van der Waals surface area contributed by atoms with Crippen LogP contribution in [0.5, 0.6) is 0 Å². The Labute approximate surface area is 115 Å². The van der Waals surface area contributed by atoms with Gasteiger partial charge in [-0.25, -0.2) is 4.98 Å². The fourth-order valence-corrected chi connectivity index (χ4v) is 3.62. The highest BCUT2D eigenvalue weighted by Crippen LogP contribution is 2.27. The van der Waals surface area contributed by atoms with Gasteiger partial charge in [-0.05, 0) is 18.4 Å². The molecule has 0 aliphatic carbocycles. The van der Waals surface area contributed by atoms with E-state index in [1.54, 1.807) is 11.3 Å². The van der Waals surface area contributed by atoms with Crippen LogP contribution in [0.2, 0.25) is 0 Å². The molecule has 1 aliphatic rings. The van der Waals surface area contributed by atoms with E-state index in [1.807, 2.05) is 11.3 Å². The molecule has 0 bridgehead atoms. The third kappa shape index (κ3) is 2.64. The van der Waals surface area contributed by atoms with E-state index >= 15 is 0 Å². The van der Waals surface area contributed by atoms with E-state index in [-0.39, 0.29) is 0 Å². The van der Waals surface area contributed by atoms with E-state index in [0.29, 0.717) is 6.04 Å². The molecule has 0 N–H and O–H groups in total. The average Bonchev–Trinajstić information content (AvgIpc) is 3.02. The van der Waals surface area contributed by atoms with Crippen LogP contribution in [0.1, 0.15) is 21.6 Å². The predicted octanol–water partition coefficient (Wildman–Crippen LogP) is 3.09. The van der Waals surface area contributed by atoms with Gasteiger partial charge in [0.15, 0.2) is 0 Å². The first-order valence-electron chi connectivity index (χ1n) is 6.09. The van der Waals surface area contributed by atoms with E-state index in [0.717, 1.165) is 37.0 Å². The third-order valence-corrected chi connectivity index (χ3v) is 4.81. The smallest absolute Gasteiger partial charge is 0.0898 e. The third-order valence-electron chi connectivity index (χ3n) is 3.16. The summed E-state index contributed by atoms with van der Waals surface area (Å²) in [6.07, 6.45) is 0. The monoisotopic (exact) mass is 280 g/mol. The molecule has 0 amide bonds. The Balaban J connectivity index is 1.77. The Bertz CT molecular complexity index is 495. The molecule has 0 radical (unpaired) electrons. The van der Waals surface area contributed by atoms with Crippen molar-refractivity contribution >= 4 is 22.7 Å². The molecule has 1 atom stereocenters. The van der Waals surface area contributed by atoms with Gasteiger partial charge in [0.2, 0.25) is 0 Å². The lowest BCUT2D eigenvalue weighted by Crippen LogP contribution is -2.39. The fourth-order valence-electron chi connectivity index (χ4n) is 2.24. The van der Waals surface area contributed by atoms with Crippen LogP contribution in [-0.4, -0.2) is 29.6 Å². The summed E-state index contributed by atoms with van der Waals surface area (Å²) in [5.41, 5.74) is 1.16. The van der Waals surface area contributed by atoms with Crippen molar-refractivity contribution in [2.45, 2.75) is 19.5 Å². The Kier molecular flexibility index (Phi) is 3.75. The van der Waals surface area contributed by atoms with Crippen LogP contribution in [-0.2, 0) is 11.3 Å². The highest BCUT2D eigenvalue weighted by Gasteiger charge is 2.26. The molecule has 0 spiro atoms. The van der Waals surface area contributed by atoms with Gasteiger partial charge in [-0.15, -0.1) is 22.7 Å². The molecular weight excluding hydrogens is 264 g/mol. The highest BCUT2D eigenvalue weighted by molar-refractivity contribution is 7.10. The molecule has 96 valence electrons. The first-order chi connectivity index (χ1) is 8.83. The molecular formula is C13H16N2OS2. The van der Waals surface area contributed by atoms with E-state index < -0.39 is 0 Å². The van der Waals surface area contributed by atoms with Crippen LogP contribution >= 0.6 is 22.7 Å². The lowest BCUT2D eigenvalue weighted by Gasteiger charge is -2.34. The molecule has 3 rings (SSSR count). The maximum Gasteiger partial charge on any atom is 0.0898 e. The lowest BCUT2D eigenvalue weighted by atomic mass is 10.1. The van der Waals surface area contributed by atoms with Crippen LogP contribution in [0.3, 0.4) is 0 Å². The second-order valence-corrected chi connectivity index (χ2v) is 6.53. The Hall–Kier alpha value is -0.750. The van der Waals surface area contributed by atoms with Gasteiger partial charge >= 0.3 is 0 Å². The second kappa shape index (κ2) is 5.48. The van der Waals surface area contributed by atoms with Crippen LogP contribution in [0.25, 0.3) is 0 Å². The average molecular weight is 280 g/mol. The topological polar surface area (TPSA) is 25.4 Å². The number of rotatable bonds is 3. The molecule has 1 unspecified atom stereocenters. The number of hydrogen-bond donors (Lipinski definition) is 0. The highest BCUT2D eigenvalue weighted by atomic mass is 32.1. The number of hydrogen-bond acceptors (Lipinski definition) is 5. The molecule has 0 aromatic carbocycles. The quantitative estimate of drug-likeness (QED) is 0.864. The number of thiophene rings is 1. The number of ether oxygens (including phenoxy) is 1. The van der Waals surface area contributed by atoms with Crippen LogP contribution in [0, 0.1) is 6.92 Å². The summed E-state index contributed by atoms with van der Waals surface area (Å²) < 4.78 is 5.62. The van der Waals surface area contributed by atoms with Gasteiger partial charge in [0, 0.05) is 23.3 Å². The first-order valence-corrected chi connectivity index (χ1v) is 7.85. The zero-order valence-corrected chi connectivity index (χ0v) is 12.0. The zero-order valence-electron chi connectivity index (χ0n) is 10.3. The van der Waals surface area contributed by atoms with Gasteiger partial charge < -0.3 is 4.74 Å². The fraction of sp³-hybridized carbons (Fsp3) is 0.462. The standard InChI is InChI=1S/C13H16N2OS2/c1-10-14-12(9-18-10)13-8-16-5-4-15(13)7-11-3-2-6-17-11/h2-3,6,9,13H,4-5,7-8H2,1H3. The maximum atomic E-state index is 5.62. The minimum absolute atomic E-state index is 0.311. The summed E-state index contributed by atoms with van der Waals surface area (Å²) in [6.45, 7) is 5.63. The number of thiazole rings is 1. The van der Waals surface area contributed by atoms with Gasteiger partial charge in [0.25, 0.3) is 0 Å². The molecule has 5 heteroatoms. The normalized spacial score (nSPS) is 21.3. The summed E-state index contributed by atoms with van der Waals surface area (Å²) in [6, 6.07) is 4.62. The Morgan fingerprint density at radius 3 is 3.17 bits per heavy atom. The lowest BCUT2D eigenvalue weighted by molar-refractivity contribution is -0.0136. The maximum absolute atomic E-state index is 5.62. The van der Waals surface area contributed by atoms with E-state index in [1.165, 1.54) is 4.88 Å². The molecule has 1 aliphatic heterocycles. The first kappa shape index (κ1) is 12.3. The number of nitrogens with zero attached hydrogens (tertiary/aromatic N) is 2. The molecule has 2 aromatic rings. The minimum atomic E-state index is 0.311. The van der Waals surface area contributed by atoms with E-state index in [4.69, 9.17) is 4.74 Å². The number of morpholine rings is 1. The SMILES string of the molecule is Cc1nc(C2COCCN2Cc2cccs2)cs1. The van der Waals surface area contributed by atoms with Crippen LogP contribution in [0.4, 0.5) is 0 Å². The minimum Gasteiger partial charge on any atom is -0.378 e. The molecule has 3 heterocycles. The second-order valence-electron chi connectivity index (χ2n) is 4.43. The van der Waals surface area contributed by atoms with Gasteiger partial charge in [0.1, 0.15) is 0 Å². The summed E-state index contributed by atoms with van der Waals surface area (Å²) in [7, 11) is 0. The van der Waals surface area contributed by atoms with Crippen LogP contribution < -0.4 is 0 Å². The Morgan fingerprint density at radius 1 is 1.50 bits per heavy atom. The van der Waals surface area contributed by atoms with Crippen molar-refractivity contribution in [1.82, 2.24) is 9.88 Å². The molecule has 0 saturated carbocycles. The molecule has 18 heavy (non-hydrogen) atoms. The largest absolute Gasteiger partial charge is 0.378 e. The van der Waals surface area contributed by atoms with Crippen LogP contribution in [0.15, 0.2) is 22.9 Å². The van der Waals surface area contributed by atoms with E-state index in [2.05, 4.69) is 39.7 Å². The summed E-state index contributed by atoms with van der Waals surface area (Å²) in [4.78, 5) is 8.50. The number of aryl methyl sites for hydroxylation is 1. The summed E-state index contributed by atoms with van der Waals surface area (Å²) in [5.74, 6) is 0. The van der Waals surface area contributed by atoms with Gasteiger partial charge in [-0.1, -0.05) is 6.07 Å². The van der Waals surface area contributed by atoms with Crippen molar-refractivity contribution in [2.75, 3.05) is 19.8 Å². The summed E-state index contributed by atoms with van der Waals surface area (Å²) >= 11 is 3.54. The Morgan fingerprint density at radius 2 is 2.44 bits per heavy atom. The van der Waals surface area contributed by atoms with Crippen molar-refractivity contribution in [1.29, 1.82) is 0 Å². The van der Waals surface area contributed by atoms with E-state index in [9.17, 15) is 0 Å². The molecule has 1 saturated heterocycles. The van der Waals surface area contributed by atoms with Crippen molar-refractivity contribution in [3.63, 3.8) is 0 Å². The summed E-state index contributed by atoms with van der Waals surface area (Å²) in [5, 5.41) is 5.43.